The van der Waals surface area contributed by atoms with Gasteiger partial charge in [0.2, 0.25) is 5.75 Å². The molecule has 0 fully saturated rings. The van der Waals surface area contributed by atoms with Crippen LogP contribution in [0.4, 0.5) is 0 Å². The van der Waals surface area contributed by atoms with Crippen LogP contribution >= 0.6 is 11.3 Å². The molecule has 0 unspecified atom stereocenters. The minimum absolute atomic E-state index is 0.156. The number of carbonyl (C=O) groups excluding carboxylic acids is 1. The number of thiazole rings is 1. The predicted octanol–water partition coefficient (Wildman–Crippen LogP) is 3.14. The maximum Gasteiger partial charge on any atom is 0.271 e. The lowest BCUT2D eigenvalue weighted by Crippen LogP contribution is -2.43. The second-order valence-corrected chi connectivity index (χ2v) is 9.77. The number of hydrogen-bond acceptors (Lipinski definition) is 8. The van der Waals surface area contributed by atoms with Crippen molar-refractivity contribution in [2.75, 3.05) is 41.5 Å². The summed E-state index contributed by atoms with van der Waals surface area (Å²) in [6.45, 7) is 6.76. The second kappa shape index (κ2) is 11.8. The van der Waals surface area contributed by atoms with Gasteiger partial charge in [-0.2, -0.15) is 0 Å². The first-order chi connectivity index (χ1) is 18.8. The Hall–Kier alpha value is -4.05. The number of fused-ring (bicyclic) bond motifs is 1. The van der Waals surface area contributed by atoms with E-state index >= 15 is 0 Å². The summed E-state index contributed by atoms with van der Waals surface area (Å²) in [5.74, 6) is 1.85. The molecule has 0 saturated carbocycles. The number of nitrogens with zero attached hydrogens (tertiary/aromatic N) is 3. The average molecular weight is 552 g/mol. The summed E-state index contributed by atoms with van der Waals surface area (Å²) < 4.78 is 24.1. The summed E-state index contributed by atoms with van der Waals surface area (Å²) in [6.07, 6.45) is 1.76. The Morgan fingerprint density at radius 1 is 1.00 bits per heavy atom. The smallest absolute Gasteiger partial charge is 0.271 e. The lowest BCUT2D eigenvalue weighted by Gasteiger charge is -2.29. The Morgan fingerprint density at radius 3 is 2.18 bits per heavy atom. The summed E-state index contributed by atoms with van der Waals surface area (Å²) in [6, 6.07) is 10.3. The molecule has 0 N–H and O–H groups in total. The summed E-state index contributed by atoms with van der Waals surface area (Å²) in [5.41, 5.74) is 2.17. The zero-order chi connectivity index (χ0) is 28.3. The first-order valence-corrected chi connectivity index (χ1v) is 13.4. The number of benzene rings is 2. The first kappa shape index (κ1) is 28.0. The molecule has 39 heavy (non-hydrogen) atoms. The van der Waals surface area contributed by atoms with Gasteiger partial charge in [0.05, 0.1) is 44.2 Å². The normalized spacial score (nSPS) is 14.9. The molecule has 0 saturated heterocycles. The Balaban J connectivity index is 1.99. The number of carbonyl (C=O) groups is 1. The molecule has 3 aromatic rings. The molecule has 206 valence electrons. The molecule has 2 heterocycles. The van der Waals surface area contributed by atoms with Crippen molar-refractivity contribution in [3.8, 4) is 23.0 Å². The van der Waals surface area contributed by atoms with Gasteiger partial charge < -0.3 is 23.8 Å². The lowest BCUT2D eigenvalue weighted by molar-refractivity contribution is -0.127. The number of ether oxygens (including phenoxy) is 4. The minimum atomic E-state index is -0.701. The molecule has 1 atom stereocenters. The Bertz CT molecular complexity index is 1570. The Morgan fingerprint density at radius 2 is 1.62 bits per heavy atom. The molecular formula is C29H33N3O6S. The maximum atomic E-state index is 14.0. The summed E-state index contributed by atoms with van der Waals surface area (Å²) in [5, 5.41) is 0. The van der Waals surface area contributed by atoms with Crippen molar-refractivity contribution >= 4 is 23.3 Å². The molecule has 0 bridgehead atoms. The van der Waals surface area contributed by atoms with Crippen molar-refractivity contribution < 1.29 is 23.7 Å². The van der Waals surface area contributed by atoms with Gasteiger partial charge >= 0.3 is 0 Å². The van der Waals surface area contributed by atoms with Crippen molar-refractivity contribution in [1.82, 2.24) is 9.47 Å². The standard InChI is InChI=1S/C29H33N3O6S/c1-8-31(9-2)28(34)24-17(3)30-29-32(25(24)19-12-10-11-13-20(19)35-4)27(33)23(39-29)16-18-14-21(36-5)26(38-7)22(15-18)37-6/h10-16,25H,8-9H2,1-7H3/b23-16+/t25-/m1/s1. The molecule has 2 aromatic carbocycles. The van der Waals surface area contributed by atoms with Crippen LogP contribution in [-0.2, 0) is 4.79 Å². The molecule has 1 aliphatic heterocycles. The molecule has 9 nitrogen and oxygen atoms in total. The fourth-order valence-corrected chi connectivity index (χ4v) is 5.85. The molecule has 10 heteroatoms. The van der Waals surface area contributed by atoms with E-state index in [4.69, 9.17) is 23.9 Å². The highest BCUT2D eigenvalue weighted by atomic mass is 32.1. The highest BCUT2D eigenvalue weighted by Crippen LogP contribution is 2.39. The number of aromatic nitrogens is 1. The number of rotatable bonds is 9. The van der Waals surface area contributed by atoms with Gasteiger partial charge in [-0.25, -0.2) is 4.99 Å². The van der Waals surface area contributed by atoms with Crippen LogP contribution in [0.2, 0.25) is 0 Å². The third-order valence-corrected chi connectivity index (χ3v) is 7.70. The van der Waals surface area contributed by atoms with E-state index in [1.165, 1.54) is 18.4 Å². The number of allylic oxidation sites excluding steroid dienone is 1. The van der Waals surface area contributed by atoms with Crippen LogP contribution in [0.25, 0.3) is 6.08 Å². The van der Waals surface area contributed by atoms with Crippen molar-refractivity contribution in [3.63, 3.8) is 0 Å². The van der Waals surface area contributed by atoms with Crippen molar-refractivity contribution in [3.05, 3.63) is 78.5 Å². The van der Waals surface area contributed by atoms with E-state index in [2.05, 4.69) is 0 Å². The Labute approximate surface area is 231 Å². The van der Waals surface area contributed by atoms with Gasteiger partial charge in [0.15, 0.2) is 16.3 Å². The third kappa shape index (κ3) is 5.04. The number of likely N-dealkylation sites (N-methyl/N-ethyl adjacent to an activating group) is 1. The van der Waals surface area contributed by atoms with Crippen LogP contribution in [0.15, 0.2) is 57.5 Å². The largest absolute Gasteiger partial charge is 0.496 e. The van der Waals surface area contributed by atoms with Gasteiger partial charge in [-0.1, -0.05) is 29.5 Å². The monoisotopic (exact) mass is 551 g/mol. The number of amides is 1. The summed E-state index contributed by atoms with van der Waals surface area (Å²) >= 11 is 1.26. The van der Waals surface area contributed by atoms with Crippen LogP contribution in [0, 0.1) is 0 Å². The van der Waals surface area contributed by atoms with Crippen LogP contribution < -0.4 is 33.8 Å². The topological polar surface area (TPSA) is 91.6 Å². The molecule has 1 aliphatic rings. The van der Waals surface area contributed by atoms with Gasteiger partial charge in [-0.3, -0.25) is 14.2 Å². The lowest BCUT2D eigenvalue weighted by atomic mass is 9.94. The molecule has 1 aromatic heterocycles. The van der Waals surface area contributed by atoms with E-state index in [9.17, 15) is 9.59 Å². The molecule has 1 amide bonds. The van der Waals surface area contributed by atoms with E-state index in [1.807, 2.05) is 45.0 Å². The van der Waals surface area contributed by atoms with Crippen LogP contribution in [0.1, 0.15) is 37.9 Å². The quantitative estimate of drug-likeness (QED) is 0.406. The van der Waals surface area contributed by atoms with Crippen molar-refractivity contribution in [2.24, 2.45) is 4.99 Å². The molecular weight excluding hydrogens is 518 g/mol. The SMILES string of the molecule is CCN(CC)C(=O)C1=C(C)N=c2s/c(=C/c3cc(OC)c(OC)c(OC)c3)c(=O)n2[C@@H]1c1ccccc1OC. The third-order valence-electron chi connectivity index (χ3n) is 6.72. The van der Waals surface area contributed by atoms with Crippen LogP contribution in [0.5, 0.6) is 23.0 Å². The molecule has 0 spiro atoms. The van der Waals surface area contributed by atoms with E-state index in [-0.39, 0.29) is 11.5 Å². The predicted molar refractivity (Wildman–Crippen MR) is 151 cm³/mol. The number of hydrogen-bond donors (Lipinski definition) is 0. The molecule has 0 radical (unpaired) electrons. The minimum Gasteiger partial charge on any atom is -0.496 e. The van der Waals surface area contributed by atoms with E-state index in [1.54, 1.807) is 49.0 Å². The van der Waals surface area contributed by atoms with Gasteiger partial charge in [-0.05, 0) is 50.6 Å². The van der Waals surface area contributed by atoms with Gasteiger partial charge in [-0.15, -0.1) is 0 Å². The highest BCUT2D eigenvalue weighted by molar-refractivity contribution is 7.07. The average Bonchev–Trinajstić information content (AvgIpc) is 3.25. The highest BCUT2D eigenvalue weighted by Gasteiger charge is 2.35. The number of methoxy groups -OCH3 is 4. The van der Waals surface area contributed by atoms with Crippen molar-refractivity contribution in [2.45, 2.75) is 26.8 Å². The molecule has 4 rings (SSSR count). The maximum absolute atomic E-state index is 14.0. The van der Waals surface area contributed by atoms with E-state index in [0.717, 1.165) is 0 Å². The first-order valence-electron chi connectivity index (χ1n) is 12.6. The zero-order valence-electron chi connectivity index (χ0n) is 23.2. The zero-order valence-corrected chi connectivity index (χ0v) is 24.0. The second-order valence-electron chi connectivity index (χ2n) is 8.76. The van der Waals surface area contributed by atoms with E-state index in [0.29, 0.717) is 67.8 Å². The van der Waals surface area contributed by atoms with Gasteiger partial charge in [0.25, 0.3) is 11.5 Å². The van der Waals surface area contributed by atoms with Gasteiger partial charge in [0, 0.05) is 18.7 Å². The number of para-hydroxylation sites is 1. The summed E-state index contributed by atoms with van der Waals surface area (Å²) in [7, 11) is 6.20. The molecule has 0 aliphatic carbocycles. The fraction of sp³-hybridized carbons (Fsp3) is 0.345. The van der Waals surface area contributed by atoms with Crippen LogP contribution in [0.3, 0.4) is 0 Å². The fourth-order valence-electron chi connectivity index (χ4n) is 4.80. The van der Waals surface area contributed by atoms with Crippen LogP contribution in [-0.4, -0.2) is 56.9 Å². The van der Waals surface area contributed by atoms with Crippen molar-refractivity contribution in [1.29, 1.82) is 0 Å². The Kier molecular flexibility index (Phi) is 8.44. The summed E-state index contributed by atoms with van der Waals surface area (Å²) in [4.78, 5) is 34.8. The van der Waals surface area contributed by atoms with Gasteiger partial charge in [0.1, 0.15) is 11.8 Å². The van der Waals surface area contributed by atoms with E-state index < -0.39 is 6.04 Å².